The van der Waals surface area contributed by atoms with Crippen molar-refractivity contribution in [2.24, 2.45) is 0 Å². The summed E-state index contributed by atoms with van der Waals surface area (Å²) < 4.78 is 22.8. The summed E-state index contributed by atoms with van der Waals surface area (Å²) in [5, 5.41) is 87.3. The van der Waals surface area contributed by atoms with Crippen molar-refractivity contribution in [1.29, 1.82) is 0 Å². The van der Waals surface area contributed by atoms with E-state index in [9.17, 15) is 45.6 Å². The SMILES string of the molecule is CCCCC/C=C\C/C=C\C/C=C\CCCCCCCCC(=O)NC(COC1OC(CO)C(OC2OC(CO)C(O)C(O)C2O)C(O)C1O)C(O)/C=C/CC/C=C/CC/C=C/CCCCCCCCCCCCCCCCCCCCCCC. The van der Waals surface area contributed by atoms with Crippen molar-refractivity contribution in [1.82, 2.24) is 5.32 Å². The third-order valence-electron chi connectivity index (χ3n) is 16.3. The monoisotopic (exact) mass is 1190 g/mol. The highest BCUT2D eigenvalue weighted by Gasteiger charge is 2.51. The lowest BCUT2D eigenvalue weighted by atomic mass is 9.97. The van der Waals surface area contributed by atoms with Crippen molar-refractivity contribution in [2.45, 2.75) is 344 Å². The number of carbonyl (C=O) groups excluding carboxylic acids is 1. The number of aliphatic hydroxyl groups is 8. The summed E-state index contributed by atoms with van der Waals surface area (Å²) in [7, 11) is 0. The average molecular weight is 1190 g/mol. The number of hydrogen-bond donors (Lipinski definition) is 9. The molecule has 0 aromatic carbocycles. The minimum atomic E-state index is -1.80. The van der Waals surface area contributed by atoms with Crippen LogP contribution in [0.3, 0.4) is 0 Å². The molecule has 2 aliphatic heterocycles. The topological polar surface area (TPSA) is 228 Å². The molecule has 0 radical (unpaired) electrons. The van der Waals surface area contributed by atoms with Crippen LogP contribution in [0.25, 0.3) is 0 Å². The van der Waals surface area contributed by atoms with E-state index in [0.717, 1.165) is 77.0 Å². The van der Waals surface area contributed by atoms with Crippen LogP contribution in [0, 0.1) is 0 Å². The van der Waals surface area contributed by atoms with Gasteiger partial charge in [0.15, 0.2) is 12.6 Å². The molecule has 488 valence electrons. The van der Waals surface area contributed by atoms with Crippen molar-refractivity contribution in [3.8, 4) is 0 Å². The van der Waals surface area contributed by atoms with Crippen molar-refractivity contribution >= 4 is 5.91 Å². The zero-order valence-electron chi connectivity index (χ0n) is 52.9. The van der Waals surface area contributed by atoms with E-state index in [4.69, 9.17) is 18.9 Å². The Labute approximate surface area is 510 Å². The highest BCUT2D eigenvalue weighted by Crippen LogP contribution is 2.30. The number of allylic oxidation sites excluding steroid dienone is 11. The van der Waals surface area contributed by atoms with Crippen LogP contribution in [-0.4, -0.2) is 140 Å². The van der Waals surface area contributed by atoms with Gasteiger partial charge in [0.2, 0.25) is 5.91 Å². The first-order valence-electron chi connectivity index (χ1n) is 34.2. The van der Waals surface area contributed by atoms with E-state index in [-0.39, 0.29) is 18.9 Å². The van der Waals surface area contributed by atoms with Crippen LogP contribution in [-0.2, 0) is 23.7 Å². The Balaban J connectivity index is 1.72. The van der Waals surface area contributed by atoms with Crippen LogP contribution in [0.2, 0.25) is 0 Å². The van der Waals surface area contributed by atoms with Crippen LogP contribution in [0.1, 0.15) is 271 Å². The Morgan fingerprint density at radius 1 is 0.429 bits per heavy atom. The number of amides is 1. The van der Waals surface area contributed by atoms with Crippen molar-refractivity contribution in [3.05, 3.63) is 72.9 Å². The van der Waals surface area contributed by atoms with Gasteiger partial charge >= 0.3 is 0 Å². The lowest BCUT2D eigenvalue weighted by Crippen LogP contribution is -2.65. The Morgan fingerprint density at radius 3 is 1.27 bits per heavy atom. The third-order valence-corrected chi connectivity index (χ3v) is 16.3. The highest BCUT2D eigenvalue weighted by atomic mass is 16.7. The second-order valence-electron chi connectivity index (χ2n) is 23.9. The summed E-state index contributed by atoms with van der Waals surface area (Å²) in [5.41, 5.74) is 0. The average Bonchev–Trinajstić information content (AvgIpc) is 3.62. The first-order valence-corrected chi connectivity index (χ1v) is 34.2. The first kappa shape index (κ1) is 77.5. The first-order chi connectivity index (χ1) is 41.1. The normalized spacial score (nSPS) is 24.1. The Kier molecular flexibility index (Phi) is 50.4. The molecule has 9 N–H and O–H groups in total. The zero-order chi connectivity index (χ0) is 60.9. The van der Waals surface area contributed by atoms with Crippen LogP contribution >= 0.6 is 0 Å². The van der Waals surface area contributed by atoms with Crippen molar-refractivity contribution < 1.29 is 64.6 Å². The fraction of sp³-hybridized carbons (Fsp3) is 0.814. The van der Waals surface area contributed by atoms with Gasteiger partial charge in [-0.25, -0.2) is 0 Å². The predicted molar refractivity (Wildman–Crippen MR) is 341 cm³/mol. The lowest BCUT2D eigenvalue weighted by Gasteiger charge is -2.46. The number of rotatable bonds is 55. The number of hydrogen-bond acceptors (Lipinski definition) is 13. The minimum absolute atomic E-state index is 0.252. The summed E-state index contributed by atoms with van der Waals surface area (Å²) in [4.78, 5) is 13.3. The zero-order valence-corrected chi connectivity index (χ0v) is 52.9. The van der Waals surface area contributed by atoms with Gasteiger partial charge in [0.05, 0.1) is 32.0 Å². The molecule has 0 spiro atoms. The summed E-state index contributed by atoms with van der Waals surface area (Å²) in [6, 6.07) is -0.950. The Hall–Kier alpha value is -2.57. The van der Waals surface area contributed by atoms with E-state index >= 15 is 0 Å². The van der Waals surface area contributed by atoms with Crippen molar-refractivity contribution in [2.75, 3.05) is 19.8 Å². The van der Waals surface area contributed by atoms with Gasteiger partial charge in [0.1, 0.15) is 48.8 Å². The predicted octanol–water partition coefficient (Wildman–Crippen LogP) is 13.5. The van der Waals surface area contributed by atoms with Crippen LogP contribution < -0.4 is 5.32 Å². The molecule has 14 nitrogen and oxygen atoms in total. The molecule has 1 amide bonds. The standard InChI is InChI=1S/C70H125NO13/c1-3-5-7-9-11-13-15-17-19-21-23-24-25-26-27-28-29-30-31-32-33-34-36-37-39-41-43-45-47-49-51-53-59(74)58(71-62(75)54-52-50-48-46-44-42-40-38-35-22-20-18-16-14-12-10-8-6-4-2)57-81-69-67(80)65(78)68(61(56-73)83-69)84-70-66(79)64(77)63(76)60(55-72)82-70/h12,14,18,20,35-38,43,45,51,53,58-61,63-70,72-74,76-80H,3-11,13,15-17,19,21-34,39-42,44,46-50,52,54-57H2,1-2H3,(H,71,75)/b14-12-,20-18-,37-36+,38-35-,45-43+,53-51+. The smallest absolute Gasteiger partial charge is 0.220 e. The van der Waals surface area contributed by atoms with Gasteiger partial charge in [0, 0.05) is 6.42 Å². The van der Waals surface area contributed by atoms with Crippen LogP contribution in [0.15, 0.2) is 72.9 Å². The molecule has 84 heavy (non-hydrogen) atoms. The highest BCUT2D eigenvalue weighted by molar-refractivity contribution is 5.76. The molecule has 0 saturated carbocycles. The number of aliphatic hydroxyl groups excluding tert-OH is 8. The molecule has 0 aromatic rings. The van der Waals surface area contributed by atoms with Gasteiger partial charge in [-0.3, -0.25) is 4.79 Å². The third kappa shape index (κ3) is 38.7. The van der Waals surface area contributed by atoms with Crippen LogP contribution in [0.4, 0.5) is 0 Å². The fourth-order valence-electron chi connectivity index (χ4n) is 10.9. The molecule has 0 aliphatic carbocycles. The van der Waals surface area contributed by atoms with Gasteiger partial charge in [-0.15, -0.1) is 0 Å². The quantitative estimate of drug-likeness (QED) is 0.0204. The number of carbonyl (C=O) groups is 1. The molecule has 2 fully saturated rings. The minimum Gasteiger partial charge on any atom is -0.394 e. The molecule has 2 rings (SSSR count). The molecule has 14 heteroatoms. The Morgan fingerprint density at radius 2 is 0.798 bits per heavy atom. The molecule has 0 bridgehead atoms. The summed E-state index contributed by atoms with van der Waals surface area (Å²) >= 11 is 0. The number of unbranched alkanes of at least 4 members (excludes halogenated alkanes) is 32. The van der Waals surface area contributed by atoms with E-state index in [0.29, 0.717) is 12.8 Å². The van der Waals surface area contributed by atoms with E-state index < -0.39 is 86.8 Å². The summed E-state index contributed by atoms with van der Waals surface area (Å²) in [6.07, 6.45) is 56.8. The van der Waals surface area contributed by atoms with Crippen LogP contribution in [0.5, 0.6) is 0 Å². The van der Waals surface area contributed by atoms with Gasteiger partial charge in [-0.2, -0.15) is 0 Å². The second kappa shape index (κ2) is 54.6. The second-order valence-corrected chi connectivity index (χ2v) is 23.9. The van der Waals surface area contributed by atoms with E-state index in [1.54, 1.807) is 6.08 Å². The molecule has 2 aliphatic rings. The van der Waals surface area contributed by atoms with E-state index in [1.807, 2.05) is 6.08 Å². The van der Waals surface area contributed by atoms with E-state index in [1.165, 1.54) is 161 Å². The maximum absolute atomic E-state index is 13.3. The van der Waals surface area contributed by atoms with Crippen molar-refractivity contribution in [3.63, 3.8) is 0 Å². The van der Waals surface area contributed by atoms with Gasteiger partial charge in [-0.1, -0.05) is 254 Å². The van der Waals surface area contributed by atoms with Gasteiger partial charge in [-0.05, 0) is 83.5 Å². The van der Waals surface area contributed by atoms with Gasteiger partial charge < -0.3 is 65.1 Å². The molecule has 0 aromatic heterocycles. The maximum atomic E-state index is 13.3. The number of ether oxygens (including phenoxy) is 4. The molecule has 2 heterocycles. The molecular weight excluding hydrogens is 1060 g/mol. The lowest BCUT2D eigenvalue weighted by molar-refractivity contribution is -0.359. The maximum Gasteiger partial charge on any atom is 0.220 e. The fourth-order valence-corrected chi connectivity index (χ4v) is 10.9. The molecular formula is C70H125NO13. The van der Waals surface area contributed by atoms with Gasteiger partial charge in [0.25, 0.3) is 0 Å². The molecule has 2 saturated heterocycles. The largest absolute Gasteiger partial charge is 0.394 e. The van der Waals surface area contributed by atoms with E-state index in [2.05, 4.69) is 79.9 Å². The Bertz CT molecular complexity index is 1690. The summed E-state index contributed by atoms with van der Waals surface area (Å²) in [5.74, 6) is -0.266. The molecule has 12 atom stereocenters. The summed E-state index contributed by atoms with van der Waals surface area (Å²) in [6.45, 7) is 2.76. The molecule has 12 unspecified atom stereocenters. The number of nitrogens with one attached hydrogen (secondary N) is 1.